The quantitative estimate of drug-likeness (QED) is 0.764. The lowest BCUT2D eigenvalue weighted by molar-refractivity contribution is -0.116. The minimum absolute atomic E-state index is 0.204. The number of nitrogens with zero attached hydrogens (tertiary/aromatic N) is 2. The number of benzene rings is 1. The van der Waals surface area contributed by atoms with Crippen molar-refractivity contribution in [3.05, 3.63) is 24.3 Å². The van der Waals surface area contributed by atoms with Crippen molar-refractivity contribution in [2.45, 2.75) is 25.2 Å². The van der Waals surface area contributed by atoms with Crippen LogP contribution in [-0.4, -0.2) is 55.9 Å². The van der Waals surface area contributed by atoms with Crippen molar-refractivity contribution in [2.75, 3.05) is 38.3 Å². The van der Waals surface area contributed by atoms with Crippen molar-refractivity contribution < 1.29 is 13.2 Å². The van der Waals surface area contributed by atoms with E-state index in [1.807, 2.05) is 30.5 Å². The first kappa shape index (κ1) is 20.2. The van der Waals surface area contributed by atoms with Gasteiger partial charge in [-0.05, 0) is 36.6 Å². The first-order valence-corrected chi connectivity index (χ1v) is 11.0. The number of thioether (sulfide) groups is 1. The van der Waals surface area contributed by atoms with E-state index in [1.54, 1.807) is 0 Å². The number of para-hydroxylation sites is 1. The Labute approximate surface area is 155 Å². The average Bonchev–Trinajstić information content (AvgIpc) is 2.54. The molecule has 1 fully saturated rings. The minimum atomic E-state index is -3.63. The topological polar surface area (TPSA) is 69.7 Å². The van der Waals surface area contributed by atoms with Gasteiger partial charge in [-0.1, -0.05) is 26.0 Å². The van der Waals surface area contributed by atoms with Crippen molar-refractivity contribution in [3.63, 3.8) is 0 Å². The third-order valence-corrected chi connectivity index (χ3v) is 6.97. The van der Waals surface area contributed by atoms with E-state index in [0.717, 1.165) is 15.6 Å². The van der Waals surface area contributed by atoms with Crippen molar-refractivity contribution in [1.82, 2.24) is 8.61 Å². The van der Waals surface area contributed by atoms with Gasteiger partial charge in [0.15, 0.2) is 0 Å². The van der Waals surface area contributed by atoms with Crippen molar-refractivity contribution in [1.29, 1.82) is 0 Å². The van der Waals surface area contributed by atoms with Crippen LogP contribution in [0, 0.1) is 11.8 Å². The van der Waals surface area contributed by atoms with E-state index in [2.05, 4.69) is 19.2 Å². The number of anilines is 1. The Morgan fingerprint density at radius 3 is 2.48 bits per heavy atom. The number of carbonyl (C=O) groups excluding carboxylic acids is 1. The summed E-state index contributed by atoms with van der Waals surface area (Å²) in [6.45, 7) is 4.93. The maximum Gasteiger partial charge on any atom is 0.282 e. The fraction of sp³-hybridized carbons (Fsp3) is 0.588. The number of carbonyl (C=O) groups is 1. The van der Waals surface area contributed by atoms with Crippen LogP contribution in [0.3, 0.4) is 0 Å². The van der Waals surface area contributed by atoms with E-state index in [9.17, 15) is 13.2 Å². The van der Waals surface area contributed by atoms with Crippen LogP contribution in [0.15, 0.2) is 29.2 Å². The Bertz CT molecular complexity index is 699. The summed E-state index contributed by atoms with van der Waals surface area (Å²) in [4.78, 5) is 13.2. The summed E-state index contributed by atoms with van der Waals surface area (Å²) in [5.74, 6) is 0.314. The molecule has 1 heterocycles. The minimum Gasteiger partial charge on any atom is -0.324 e. The van der Waals surface area contributed by atoms with Gasteiger partial charge < -0.3 is 5.32 Å². The van der Waals surface area contributed by atoms with E-state index < -0.39 is 10.2 Å². The molecule has 0 aromatic heterocycles. The summed E-state index contributed by atoms with van der Waals surface area (Å²) in [5.41, 5.74) is 0.700. The van der Waals surface area contributed by atoms with Gasteiger partial charge in [0.2, 0.25) is 5.91 Å². The fourth-order valence-corrected chi connectivity index (χ4v) is 5.33. The maximum absolute atomic E-state index is 12.8. The number of piperidine rings is 1. The SMILES string of the molecule is CSc1ccccc1NC(=O)CN(C)S(=O)(=O)N1C[C@H](C)C[C@H](C)C1. The molecule has 1 aromatic rings. The molecule has 140 valence electrons. The number of likely N-dealkylation sites (N-methyl/N-ethyl adjacent to an activating group) is 1. The van der Waals surface area contributed by atoms with E-state index >= 15 is 0 Å². The highest BCUT2D eigenvalue weighted by Gasteiger charge is 2.33. The van der Waals surface area contributed by atoms with Crippen LogP contribution in [0.1, 0.15) is 20.3 Å². The predicted octanol–water partition coefficient (Wildman–Crippen LogP) is 2.50. The molecule has 0 aliphatic carbocycles. The maximum atomic E-state index is 12.8. The number of hydrogen-bond donors (Lipinski definition) is 1. The lowest BCUT2D eigenvalue weighted by atomic mass is 9.94. The molecule has 2 atom stereocenters. The van der Waals surface area contributed by atoms with Gasteiger partial charge in [0.25, 0.3) is 10.2 Å². The molecule has 0 spiro atoms. The van der Waals surface area contributed by atoms with Gasteiger partial charge in [-0.15, -0.1) is 11.8 Å². The van der Waals surface area contributed by atoms with Gasteiger partial charge in [-0.25, -0.2) is 0 Å². The highest BCUT2D eigenvalue weighted by atomic mass is 32.2. The molecule has 0 unspecified atom stereocenters. The molecule has 2 rings (SSSR count). The normalized spacial score (nSPS) is 22.1. The van der Waals surface area contributed by atoms with Crippen LogP contribution in [0.4, 0.5) is 5.69 Å². The zero-order valence-electron chi connectivity index (χ0n) is 15.2. The highest BCUT2D eigenvalue weighted by Crippen LogP contribution is 2.26. The molecule has 1 aliphatic rings. The van der Waals surface area contributed by atoms with Gasteiger partial charge in [0, 0.05) is 25.0 Å². The van der Waals surface area contributed by atoms with E-state index in [-0.39, 0.29) is 12.5 Å². The number of rotatable bonds is 6. The summed E-state index contributed by atoms with van der Waals surface area (Å²) in [5, 5.41) is 2.80. The molecule has 25 heavy (non-hydrogen) atoms. The Kier molecular flexibility index (Phi) is 6.90. The molecule has 1 aliphatic heterocycles. The smallest absolute Gasteiger partial charge is 0.282 e. The van der Waals surface area contributed by atoms with E-state index in [1.165, 1.54) is 23.1 Å². The van der Waals surface area contributed by atoms with Gasteiger partial charge in [0.1, 0.15) is 0 Å². The summed E-state index contributed by atoms with van der Waals surface area (Å²) < 4.78 is 28.1. The molecule has 0 radical (unpaired) electrons. The Morgan fingerprint density at radius 2 is 1.88 bits per heavy atom. The first-order chi connectivity index (χ1) is 11.7. The van der Waals surface area contributed by atoms with Crippen LogP contribution in [0.25, 0.3) is 0 Å². The number of nitrogens with one attached hydrogen (secondary N) is 1. The van der Waals surface area contributed by atoms with Gasteiger partial charge >= 0.3 is 0 Å². The van der Waals surface area contributed by atoms with Gasteiger partial charge in [-0.2, -0.15) is 17.0 Å². The molecule has 8 heteroatoms. The zero-order valence-corrected chi connectivity index (χ0v) is 16.9. The molecule has 0 saturated carbocycles. The van der Waals surface area contributed by atoms with E-state index in [0.29, 0.717) is 30.6 Å². The molecular formula is C17H27N3O3S2. The standard InChI is InChI=1S/C17H27N3O3S2/c1-13-9-14(2)11-20(10-13)25(22,23)19(3)12-17(21)18-15-7-5-6-8-16(15)24-4/h5-8,13-14H,9-12H2,1-4H3,(H,18,21)/t13-,14+. The van der Waals surface area contributed by atoms with Crippen LogP contribution in [0.2, 0.25) is 0 Å². The third kappa shape index (κ3) is 5.20. The number of hydrogen-bond acceptors (Lipinski definition) is 4. The molecule has 1 N–H and O–H groups in total. The first-order valence-electron chi connectivity index (χ1n) is 8.38. The van der Waals surface area contributed by atoms with Gasteiger partial charge in [-0.3, -0.25) is 4.79 Å². The van der Waals surface area contributed by atoms with Crippen LogP contribution in [-0.2, 0) is 15.0 Å². The van der Waals surface area contributed by atoms with Crippen LogP contribution < -0.4 is 5.32 Å². The van der Waals surface area contributed by atoms with Crippen molar-refractivity contribution in [2.24, 2.45) is 11.8 Å². The molecule has 1 saturated heterocycles. The summed E-state index contributed by atoms with van der Waals surface area (Å²) in [6, 6.07) is 7.46. The summed E-state index contributed by atoms with van der Waals surface area (Å²) in [6.07, 6.45) is 2.96. The van der Waals surface area contributed by atoms with Crippen molar-refractivity contribution in [3.8, 4) is 0 Å². The lowest BCUT2D eigenvalue weighted by Crippen LogP contribution is -2.49. The molecule has 6 nitrogen and oxygen atoms in total. The second-order valence-electron chi connectivity index (χ2n) is 6.78. The van der Waals surface area contributed by atoms with Crippen molar-refractivity contribution >= 4 is 33.6 Å². The Balaban J connectivity index is 2.02. The van der Waals surface area contributed by atoms with Crippen LogP contribution in [0.5, 0.6) is 0 Å². The molecular weight excluding hydrogens is 358 g/mol. The largest absolute Gasteiger partial charge is 0.324 e. The Hall–Kier alpha value is -1.09. The second kappa shape index (κ2) is 8.53. The zero-order chi connectivity index (χ0) is 18.6. The highest BCUT2D eigenvalue weighted by molar-refractivity contribution is 7.98. The molecule has 0 bridgehead atoms. The second-order valence-corrected chi connectivity index (χ2v) is 9.66. The predicted molar refractivity (Wildman–Crippen MR) is 103 cm³/mol. The van der Waals surface area contributed by atoms with E-state index in [4.69, 9.17) is 0 Å². The monoisotopic (exact) mass is 385 g/mol. The summed E-state index contributed by atoms with van der Waals surface area (Å²) in [7, 11) is -2.17. The number of amides is 1. The molecule has 1 amide bonds. The third-order valence-electron chi connectivity index (χ3n) is 4.30. The summed E-state index contributed by atoms with van der Waals surface area (Å²) >= 11 is 1.53. The molecule has 1 aromatic carbocycles. The van der Waals surface area contributed by atoms with Gasteiger partial charge in [0.05, 0.1) is 12.2 Å². The average molecular weight is 386 g/mol. The Morgan fingerprint density at radius 1 is 1.28 bits per heavy atom. The fourth-order valence-electron chi connectivity index (χ4n) is 3.21. The lowest BCUT2D eigenvalue weighted by Gasteiger charge is -2.36. The van der Waals surface area contributed by atoms with Crippen LogP contribution >= 0.6 is 11.8 Å².